The molecule has 1 atom stereocenters. The van der Waals surface area contributed by atoms with Crippen LogP contribution in [-0.2, 0) is 9.53 Å². The fraction of sp³-hybridized carbons (Fsp3) is 0.280. The zero-order valence-corrected chi connectivity index (χ0v) is 18.7. The Balaban J connectivity index is 1.82. The molecule has 0 bridgehead atoms. The first-order valence-electron chi connectivity index (χ1n) is 10.6. The van der Waals surface area contributed by atoms with Crippen LogP contribution in [0.2, 0.25) is 0 Å². The predicted octanol–water partition coefficient (Wildman–Crippen LogP) is 4.06. The fourth-order valence-electron chi connectivity index (χ4n) is 4.01. The second kappa shape index (κ2) is 9.38. The number of aliphatic hydroxyl groups is 1. The predicted molar refractivity (Wildman–Crippen MR) is 121 cm³/mol. The van der Waals surface area contributed by atoms with Crippen molar-refractivity contribution < 1.29 is 33.3 Å². The van der Waals surface area contributed by atoms with Gasteiger partial charge in [-0.25, -0.2) is 0 Å². The van der Waals surface area contributed by atoms with Gasteiger partial charge >= 0.3 is 0 Å². The Morgan fingerprint density at radius 2 is 1.91 bits per heavy atom. The molecule has 33 heavy (non-hydrogen) atoms. The number of hydrogen-bond donors (Lipinski definition) is 1. The number of Topliss-reactive ketones (excluding diaryl/α,β-unsaturated/α-hetero) is 1. The summed E-state index contributed by atoms with van der Waals surface area (Å²) in [5.41, 5.74) is 1.08. The Hall–Kier alpha value is -3.78. The number of rotatable bonds is 9. The molecule has 2 aromatic carbocycles. The molecule has 0 spiro atoms. The van der Waals surface area contributed by atoms with E-state index in [0.717, 1.165) is 5.39 Å². The van der Waals surface area contributed by atoms with Gasteiger partial charge in [0.15, 0.2) is 23.0 Å². The zero-order valence-electron chi connectivity index (χ0n) is 18.7. The van der Waals surface area contributed by atoms with E-state index >= 15 is 0 Å². The number of para-hydroxylation sites is 1. The van der Waals surface area contributed by atoms with E-state index in [2.05, 4.69) is 0 Å². The van der Waals surface area contributed by atoms with Gasteiger partial charge in [0.05, 0.1) is 31.9 Å². The smallest absolute Gasteiger partial charge is 0.290 e. The number of aliphatic hydroxyl groups excluding tert-OH is 1. The van der Waals surface area contributed by atoms with Gasteiger partial charge in [-0.1, -0.05) is 24.3 Å². The highest BCUT2D eigenvalue weighted by Crippen LogP contribution is 2.42. The third kappa shape index (κ3) is 4.05. The number of methoxy groups -OCH3 is 2. The first-order chi connectivity index (χ1) is 16.0. The molecule has 4 rings (SSSR count). The second-order valence-corrected chi connectivity index (χ2v) is 7.48. The van der Waals surface area contributed by atoms with Gasteiger partial charge in [0.2, 0.25) is 5.78 Å². The Kier molecular flexibility index (Phi) is 6.37. The number of amides is 1. The van der Waals surface area contributed by atoms with Gasteiger partial charge in [0.1, 0.15) is 5.58 Å². The molecular formula is C25H25NO7. The molecule has 1 unspecified atom stereocenters. The normalized spacial score (nSPS) is 16.0. The molecule has 1 aromatic heterocycles. The van der Waals surface area contributed by atoms with E-state index in [0.29, 0.717) is 29.3 Å². The number of benzene rings is 2. The van der Waals surface area contributed by atoms with E-state index in [9.17, 15) is 14.7 Å². The molecule has 0 saturated carbocycles. The average Bonchev–Trinajstić information content (AvgIpc) is 3.37. The minimum absolute atomic E-state index is 0.0442. The van der Waals surface area contributed by atoms with Crippen molar-refractivity contribution in [2.45, 2.75) is 13.0 Å². The van der Waals surface area contributed by atoms with Gasteiger partial charge in [-0.15, -0.1) is 0 Å². The maximum Gasteiger partial charge on any atom is 0.290 e. The molecule has 1 amide bonds. The largest absolute Gasteiger partial charge is 0.503 e. The quantitative estimate of drug-likeness (QED) is 0.490. The van der Waals surface area contributed by atoms with Crippen LogP contribution < -0.4 is 9.47 Å². The Morgan fingerprint density at radius 1 is 1.12 bits per heavy atom. The van der Waals surface area contributed by atoms with Crippen LogP contribution in [0.1, 0.15) is 29.1 Å². The lowest BCUT2D eigenvalue weighted by atomic mass is 9.94. The van der Waals surface area contributed by atoms with Gasteiger partial charge in [0, 0.05) is 19.0 Å². The van der Waals surface area contributed by atoms with Crippen molar-refractivity contribution in [2.75, 3.05) is 34.0 Å². The molecule has 1 aliphatic heterocycles. The number of hydrogen-bond acceptors (Lipinski definition) is 7. The highest BCUT2D eigenvalue weighted by molar-refractivity contribution is 6.16. The van der Waals surface area contributed by atoms with Crippen molar-refractivity contribution in [1.82, 2.24) is 4.90 Å². The number of carbonyl (C=O) groups is 2. The van der Waals surface area contributed by atoms with E-state index in [-0.39, 0.29) is 24.5 Å². The van der Waals surface area contributed by atoms with Gasteiger partial charge < -0.3 is 28.6 Å². The van der Waals surface area contributed by atoms with Crippen molar-refractivity contribution in [1.29, 1.82) is 0 Å². The summed E-state index contributed by atoms with van der Waals surface area (Å²) < 4.78 is 21.9. The molecular weight excluding hydrogens is 426 g/mol. The SMILES string of the molecule is CCOc1cc(C2C(C(=O)c3cc4ccccc4o3)=C(O)C(=O)N2CCOC)ccc1OC. The third-order valence-corrected chi connectivity index (χ3v) is 5.54. The van der Waals surface area contributed by atoms with Gasteiger partial charge in [-0.2, -0.15) is 0 Å². The van der Waals surface area contributed by atoms with Crippen LogP contribution >= 0.6 is 0 Å². The van der Waals surface area contributed by atoms with Crippen molar-refractivity contribution in [2.24, 2.45) is 0 Å². The highest BCUT2D eigenvalue weighted by Gasteiger charge is 2.44. The van der Waals surface area contributed by atoms with Crippen LogP contribution in [0, 0.1) is 0 Å². The highest BCUT2D eigenvalue weighted by atomic mass is 16.5. The van der Waals surface area contributed by atoms with Crippen molar-refractivity contribution in [3.8, 4) is 11.5 Å². The van der Waals surface area contributed by atoms with E-state index in [1.54, 1.807) is 36.4 Å². The first kappa shape index (κ1) is 22.4. The van der Waals surface area contributed by atoms with Crippen LogP contribution in [0.4, 0.5) is 0 Å². The molecule has 1 aliphatic rings. The molecule has 0 saturated heterocycles. The lowest BCUT2D eigenvalue weighted by Gasteiger charge is -2.27. The van der Waals surface area contributed by atoms with E-state index in [1.165, 1.54) is 19.1 Å². The van der Waals surface area contributed by atoms with Crippen molar-refractivity contribution >= 4 is 22.7 Å². The maximum absolute atomic E-state index is 13.5. The minimum atomic E-state index is -0.849. The molecule has 0 radical (unpaired) electrons. The summed E-state index contributed by atoms with van der Waals surface area (Å²) in [6, 6.07) is 13.1. The van der Waals surface area contributed by atoms with E-state index in [1.807, 2.05) is 19.1 Å². The molecule has 2 heterocycles. The number of furan rings is 1. The lowest BCUT2D eigenvalue weighted by Crippen LogP contribution is -2.34. The summed E-state index contributed by atoms with van der Waals surface area (Å²) in [6.07, 6.45) is 0. The number of ether oxygens (including phenoxy) is 3. The van der Waals surface area contributed by atoms with E-state index in [4.69, 9.17) is 18.6 Å². The zero-order chi connectivity index (χ0) is 23.5. The van der Waals surface area contributed by atoms with Crippen LogP contribution in [0.5, 0.6) is 11.5 Å². The van der Waals surface area contributed by atoms with Crippen LogP contribution in [0.3, 0.4) is 0 Å². The topological polar surface area (TPSA) is 98.4 Å². The molecule has 0 fully saturated rings. The van der Waals surface area contributed by atoms with Gasteiger partial charge in [-0.05, 0) is 36.8 Å². The lowest BCUT2D eigenvalue weighted by molar-refractivity contribution is -0.130. The number of nitrogens with zero attached hydrogens (tertiary/aromatic N) is 1. The molecule has 1 N–H and O–H groups in total. The standard InChI is InChI=1S/C25H25NO7/c1-4-32-19-14-16(9-10-18(19)31-3)22-21(24(28)25(29)26(22)11-12-30-2)23(27)20-13-15-7-5-6-8-17(15)33-20/h5-10,13-14,22,28H,4,11-12H2,1-3H3. The molecule has 3 aromatic rings. The van der Waals surface area contributed by atoms with Crippen molar-refractivity contribution in [3.05, 3.63) is 71.2 Å². The molecule has 8 nitrogen and oxygen atoms in total. The Labute approximate surface area is 191 Å². The fourth-order valence-corrected chi connectivity index (χ4v) is 4.01. The summed E-state index contributed by atoms with van der Waals surface area (Å²) in [7, 11) is 3.05. The summed E-state index contributed by atoms with van der Waals surface area (Å²) in [4.78, 5) is 27.9. The minimum Gasteiger partial charge on any atom is -0.503 e. The molecule has 8 heteroatoms. The number of ketones is 1. The molecule has 0 aliphatic carbocycles. The van der Waals surface area contributed by atoms with Crippen LogP contribution in [-0.4, -0.2) is 55.7 Å². The first-order valence-corrected chi connectivity index (χ1v) is 10.6. The monoisotopic (exact) mass is 451 g/mol. The van der Waals surface area contributed by atoms with Crippen LogP contribution in [0.25, 0.3) is 11.0 Å². The Morgan fingerprint density at radius 3 is 2.61 bits per heavy atom. The summed E-state index contributed by atoms with van der Waals surface area (Å²) in [6.45, 7) is 2.66. The van der Waals surface area contributed by atoms with Gasteiger partial charge in [-0.3, -0.25) is 9.59 Å². The second-order valence-electron chi connectivity index (χ2n) is 7.48. The number of fused-ring (bicyclic) bond motifs is 1. The van der Waals surface area contributed by atoms with E-state index < -0.39 is 23.5 Å². The van der Waals surface area contributed by atoms with Gasteiger partial charge in [0.25, 0.3) is 5.91 Å². The number of carbonyl (C=O) groups excluding carboxylic acids is 2. The summed E-state index contributed by atoms with van der Waals surface area (Å²) in [5.74, 6) is -0.774. The third-order valence-electron chi connectivity index (χ3n) is 5.54. The van der Waals surface area contributed by atoms with Crippen LogP contribution in [0.15, 0.2) is 64.3 Å². The maximum atomic E-state index is 13.5. The summed E-state index contributed by atoms with van der Waals surface area (Å²) >= 11 is 0. The average molecular weight is 451 g/mol. The van der Waals surface area contributed by atoms with Crippen molar-refractivity contribution in [3.63, 3.8) is 0 Å². The summed E-state index contributed by atoms with van der Waals surface area (Å²) in [5, 5.41) is 11.5. The Bertz CT molecular complexity index is 1190. The molecule has 172 valence electrons.